The zero-order valence-corrected chi connectivity index (χ0v) is 9.84. The van der Waals surface area contributed by atoms with Crippen LogP contribution in [0.4, 0.5) is 5.69 Å². The highest BCUT2D eigenvalue weighted by molar-refractivity contribution is 7.08. The van der Waals surface area contributed by atoms with Crippen LogP contribution in [0, 0.1) is 6.92 Å². The van der Waals surface area contributed by atoms with Gasteiger partial charge < -0.3 is 5.32 Å². The second-order valence-corrected chi connectivity index (χ2v) is 4.20. The van der Waals surface area contributed by atoms with E-state index in [9.17, 15) is 0 Å². The number of nitrogens with zero attached hydrogens (tertiary/aromatic N) is 2. The Balaban J connectivity index is 2.02. The number of aryl methyl sites for hydroxylation is 2. The molecule has 4 heteroatoms. The summed E-state index contributed by atoms with van der Waals surface area (Å²) in [6.07, 6.45) is 1.85. The van der Waals surface area contributed by atoms with E-state index in [0.717, 1.165) is 13.1 Å². The van der Waals surface area contributed by atoms with Crippen molar-refractivity contribution in [2.45, 2.75) is 26.9 Å². The lowest BCUT2D eigenvalue weighted by molar-refractivity contribution is 0.627. The van der Waals surface area contributed by atoms with E-state index in [2.05, 4.69) is 41.1 Å². The molecule has 2 rings (SSSR count). The third-order valence-electron chi connectivity index (χ3n) is 2.42. The standard InChI is InChI=1S/C11H15N3S/c1-3-14-10(4-5-13-14)6-12-11-8-15-7-9(11)2/h4-5,7-8,12H,3,6H2,1-2H3. The molecule has 0 aliphatic heterocycles. The first-order chi connectivity index (χ1) is 7.31. The van der Waals surface area contributed by atoms with Gasteiger partial charge in [-0.2, -0.15) is 5.10 Å². The Kier molecular flexibility index (Phi) is 3.06. The minimum absolute atomic E-state index is 0.839. The number of anilines is 1. The lowest BCUT2D eigenvalue weighted by Gasteiger charge is -2.07. The minimum atomic E-state index is 0.839. The summed E-state index contributed by atoms with van der Waals surface area (Å²) in [6, 6.07) is 2.05. The van der Waals surface area contributed by atoms with Crippen molar-refractivity contribution in [1.29, 1.82) is 0 Å². The maximum absolute atomic E-state index is 4.24. The van der Waals surface area contributed by atoms with Gasteiger partial charge in [0, 0.05) is 23.8 Å². The number of rotatable bonds is 4. The smallest absolute Gasteiger partial charge is 0.0575 e. The zero-order chi connectivity index (χ0) is 10.7. The Bertz CT molecular complexity index is 430. The second kappa shape index (κ2) is 4.49. The quantitative estimate of drug-likeness (QED) is 0.860. The van der Waals surface area contributed by atoms with E-state index in [1.54, 1.807) is 11.3 Å². The molecule has 0 bridgehead atoms. The van der Waals surface area contributed by atoms with Gasteiger partial charge in [-0.1, -0.05) is 0 Å². The van der Waals surface area contributed by atoms with Gasteiger partial charge >= 0.3 is 0 Å². The molecule has 0 radical (unpaired) electrons. The summed E-state index contributed by atoms with van der Waals surface area (Å²) in [5, 5.41) is 11.9. The van der Waals surface area contributed by atoms with Crippen molar-refractivity contribution in [3.8, 4) is 0 Å². The fourth-order valence-corrected chi connectivity index (χ4v) is 2.33. The van der Waals surface area contributed by atoms with E-state index >= 15 is 0 Å². The van der Waals surface area contributed by atoms with E-state index in [0.29, 0.717) is 0 Å². The highest BCUT2D eigenvalue weighted by Gasteiger charge is 2.02. The Labute approximate surface area is 93.7 Å². The first-order valence-corrected chi connectivity index (χ1v) is 6.03. The van der Waals surface area contributed by atoms with Crippen LogP contribution < -0.4 is 5.32 Å². The molecule has 15 heavy (non-hydrogen) atoms. The van der Waals surface area contributed by atoms with Gasteiger partial charge in [-0.25, -0.2) is 0 Å². The van der Waals surface area contributed by atoms with E-state index < -0.39 is 0 Å². The molecule has 80 valence electrons. The molecule has 0 saturated carbocycles. The highest BCUT2D eigenvalue weighted by atomic mass is 32.1. The minimum Gasteiger partial charge on any atom is -0.379 e. The number of thiophene rings is 1. The molecule has 0 amide bonds. The fourth-order valence-electron chi connectivity index (χ4n) is 1.52. The van der Waals surface area contributed by atoms with Crippen LogP contribution in [0.5, 0.6) is 0 Å². The largest absolute Gasteiger partial charge is 0.379 e. The molecule has 2 aromatic rings. The lowest BCUT2D eigenvalue weighted by Crippen LogP contribution is -2.07. The van der Waals surface area contributed by atoms with Gasteiger partial charge in [0.25, 0.3) is 0 Å². The Morgan fingerprint density at radius 1 is 1.47 bits per heavy atom. The molecule has 0 saturated heterocycles. The van der Waals surface area contributed by atoms with Crippen LogP contribution in [0.3, 0.4) is 0 Å². The van der Waals surface area contributed by atoms with Gasteiger partial charge in [0.15, 0.2) is 0 Å². The van der Waals surface area contributed by atoms with Gasteiger partial charge in [-0.05, 0) is 30.9 Å². The van der Waals surface area contributed by atoms with Crippen LogP contribution in [0.2, 0.25) is 0 Å². The van der Waals surface area contributed by atoms with Crippen molar-refractivity contribution in [3.05, 3.63) is 34.3 Å². The first kappa shape index (κ1) is 10.2. The zero-order valence-electron chi connectivity index (χ0n) is 9.03. The van der Waals surface area contributed by atoms with E-state index in [1.807, 2.05) is 10.9 Å². The molecular weight excluding hydrogens is 206 g/mol. The summed E-state index contributed by atoms with van der Waals surface area (Å²) in [5.74, 6) is 0. The molecular formula is C11H15N3S. The SMILES string of the molecule is CCn1nccc1CNc1cscc1C. The third-order valence-corrected chi connectivity index (χ3v) is 3.28. The van der Waals surface area contributed by atoms with Crippen molar-refractivity contribution >= 4 is 17.0 Å². The van der Waals surface area contributed by atoms with Crippen molar-refractivity contribution in [3.63, 3.8) is 0 Å². The molecule has 0 aliphatic carbocycles. The van der Waals surface area contributed by atoms with Crippen LogP contribution in [-0.4, -0.2) is 9.78 Å². The average Bonchev–Trinajstić information content (AvgIpc) is 2.83. The van der Waals surface area contributed by atoms with E-state index in [-0.39, 0.29) is 0 Å². The van der Waals surface area contributed by atoms with Gasteiger partial charge in [-0.15, -0.1) is 11.3 Å². The van der Waals surface area contributed by atoms with Gasteiger partial charge in [0.05, 0.1) is 12.2 Å². The summed E-state index contributed by atoms with van der Waals surface area (Å²) < 4.78 is 2.01. The Morgan fingerprint density at radius 3 is 3.00 bits per heavy atom. The van der Waals surface area contributed by atoms with Crippen LogP contribution in [0.1, 0.15) is 18.2 Å². The predicted molar refractivity (Wildman–Crippen MR) is 64.3 cm³/mol. The molecule has 0 aromatic carbocycles. The third kappa shape index (κ3) is 2.21. The van der Waals surface area contributed by atoms with Crippen molar-refractivity contribution in [2.24, 2.45) is 0 Å². The molecule has 0 fully saturated rings. The molecule has 2 aromatic heterocycles. The van der Waals surface area contributed by atoms with Crippen LogP contribution in [0.15, 0.2) is 23.0 Å². The van der Waals surface area contributed by atoms with Crippen LogP contribution in [-0.2, 0) is 13.1 Å². The summed E-state index contributed by atoms with van der Waals surface area (Å²) >= 11 is 1.73. The van der Waals surface area contributed by atoms with Gasteiger partial charge in [-0.3, -0.25) is 4.68 Å². The van der Waals surface area contributed by atoms with Gasteiger partial charge in [0.1, 0.15) is 0 Å². The number of hydrogen-bond donors (Lipinski definition) is 1. The lowest BCUT2D eigenvalue weighted by atomic mass is 10.3. The fraction of sp³-hybridized carbons (Fsp3) is 0.364. The molecule has 3 nitrogen and oxygen atoms in total. The Hall–Kier alpha value is -1.29. The topological polar surface area (TPSA) is 29.9 Å². The maximum atomic E-state index is 4.24. The van der Waals surface area contributed by atoms with Crippen molar-refractivity contribution in [2.75, 3.05) is 5.32 Å². The van der Waals surface area contributed by atoms with Crippen LogP contribution in [0.25, 0.3) is 0 Å². The molecule has 0 spiro atoms. The molecule has 0 unspecified atom stereocenters. The first-order valence-electron chi connectivity index (χ1n) is 5.08. The summed E-state index contributed by atoms with van der Waals surface area (Å²) in [5.41, 5.74) is 3.76. The van der Waals surface area contributed by atoms with Crippen LogP contribution >= 0.6 is 11.3 Å². The van der Waals surface area contributed by atoms with E-state index in [4.69, 9.17) is 0 Å². The number of nitrogens with one attached hydrogen (secondary N) is 1. The molecule has 0 atom stereocenters. The number of aromatic nitrogens is 2. The normalized spacial score (nSPS) is 10.5. The van der Waals surface area contributed by atoms with Crippen molar-refractivity contribution in [1.82, 2.24) is 9.78 Å². The molecule has 0 aliphatic rings. The van der Waals surface area contributed by atoms with E-state index in [1.165, 1.54) is 16.9 Å². The summed E-state index contributed by atoms with van der Waals surface area (Å²) in [7, 11) is 0. The second-order valence-electron chi connectivity index (χ2n) is 3.46. The summed E-state index contributed by atoms with van der Waals surface area (Å²) in [4.78, 5) is 0. The Morgan fingerprint density at radius 2 is 2.33 bits per heavy atom. The molecule has 2 heterocycles. The monoisotopic (exact) mass is 221 g/mol. The number of hydrogen-bond acceptors (Lipinski definition) is 3. The highest BCUT2D eigenvalue weighted by Crippen LogP contribution is 2.19. The predicted octanol–water partition coefficient (Wildman–Crippen LogP) is 2.89. The maximum Gasteiger partial charge on any atom is 0.0575 e. The summed E-state index contributed by atoms with van der Waals surface area (Å²) in [6.45, 7) is 5.99. The van der Waals surface area contributed by atoms with Gasteiger partial charge in [0.2, 0.25) is 0 Å². The average molecular weight is 221 g/mol. The van der Waals surface area contributed by atoms with Crippen molar-refractivity contribution < 1.29 is 0 Å². The molecule has 1 N–H and O–H groups in total.